The molecule has 0 amide bonds. The predicted molar refractivity (Wildman–Crippen MR) is 144 cm³/mol. The highest BCUT2D eigenvalue weighted by Gasteiger charge is 2.42. The first kappa shape index (κ1) is 22.9. The van der Waals surface area contributed by atoms with Gasteiger partial charge in [0, 0.05) is 38.0 Å². The Morgan fingerprint density at radius 1 is 0.971 bits per heavy atom. The van der Waals surface area contributed by atoms with Gasteiger partial charge in [0.15, 0.2) is 5.78 Å². The van der Waals surface area contributed by atoms with Gasteiger partial charge in [-0.1, -0.05) is 96.0 Å². The predicted octanol–water partition coefficient (Wildman–Crippen LogP) is 8.17. The molecule has 0 fully saturated rings. The van der Waals surface area contributed by atoms with Crippen molar-refractivity contribution in [2.24, 2.45) is 5.41 Å². The third kappa shape index (κ3) is 4.43. The van der Waals surface area contributed by atoms with E-state index in [0.717, 1.165) is 50.1 Å². The number of hydrogen-bond donors (Lipinski definition) is 1. The van der Waals surface area contributed by atoms with Crippen LogP contribution in [-0.4, -0.2) is 5.78 Å². The fraction of sp³-hybridized carbons (Fsp3) is 0.167. The molecule has 0 saturated heterocycles. The summed E-state index contributed by atoms with van der Waals surface area (Å²) in [5.74, 6) is -0.0121. The van der Waals surface area contributed by atoms with Gasteiger partial charge in [-0.3, -0.25) is 4.79 Å². The van der Waals surface area contributed by atoms with Crippen molar-refractivity contribution in [1.82, 2.24) is 5.32 Å². The number of nitrogens with one attached hydrogen (secondary N) is 1. The number of ketones is 1. The van der Waals surface area contributed by atoms with E-state index in [1.54, 1.807) is 0 Å². The molecule has 1 N–H and O–H groups in total. The molecule has 34 heavy (non-hydrogen) atoms. The van der Waals surface area contributed by atoms with Crippen molar-refractivity contribution in [1.29, 1.82) is 0 Å². The first-order valence-corrected chi connectivity index (χ1v) is 12.5. The van der Waals surface area contributed by atoms with Gasteiger partial charge in [0.25, 0.3) is 0 Å². The molecule has 2 aliphatic rings. The molecule has 170 valence electrons. The number of carbonyl (C=O) groups is 1. The molecule has 0 radical (unpaired) electrons. The smallest absolute Gasteiger partial charge is 0.188 e. The Morgan fingerprint density at radius 2 is 1.65 bits per heavy atom. The lowest BCUT2D eigenvalue weighted by Crippen LogP contribution is -2.37. The van der Waals surface area contributed by atoms with Gasteiger partial charge in [0.2, 0.25) is 0 Å². The van der Waals surface area contributed by atoms with E-state index < -0.39 is 0 Å². The highest BCUT2D eigenvalue weighted by Crippen LogP contribution is 2.48. The van der Waals surface area contributed by atoms with E-state index in [1.807, 2.05) is 60.7 Å². The molecular formula is C30H25BrClNO. The van der Waals surface area contributed by atoms with Crippen LogP contribution in [0.3, 0.4) is 0 Å². The molecule has 1 unspecified atom stereocenters. The molecular weight excluding hydrogens is 506 g/mol. The van der Waals surface area contributed by atoms with Crippen molar-refractivity contribution in [3.63, 3.8) is 0 Å². The number of carbonyl (C=O) groups excluding carboxylic acids is 1. The van der Waals surface area contributed by atoms with Gasteiger partial charge >= 0.3 is 0 Å². The maximum atomic E-state index is 14.1. The molecule has 1 heterocycles. The zero-order valence-electron chi connectivity index (χ0n) is 19.1. The lowest BCUT2D eigenvalue weighted by molar-refractivity contribution is -0.113. The van der Waals surface area contributed by atoms with Crippen LogP contribution >= 0.6 is 27.5 Å². The number of dihydropyridines is 1. The Balaban J connectivity index is 1.62. The number of halogens is 2. The molecule has 0 saturated carbocycles. The summed E-state index contributed by atoms with van der Waals surface area (Å²) in [6.07, 6.45) is 4.97. The highest BCUT2D eigenvalue weighted by molar-refractivity contribution is 9.10. The SMILES string of the molecule is CC1(C)CC2=C(C(=O)/C1=C\c1ccc(Cl)cc1)C(c1ccccc1)C=C(c1ccc(Br)cc1)N2. The molecule has 0 aromatic heterocycles. The summed E-state index contributed by atoms with van der Waals surface area (Å²) in [7, 11) is 0. The fourth-order valence-electron chi connectivity index (χ4n) is 4.82. The molecule has 0 bridgehead atoms. The van der Waals surface area contributed by atoms with Crippen LogP contribution in [0.5, 0.6) is 0 Å². The Kier molecular flexibility index (Phi) is 6.09. The standard InChI is InChI=1S/C30H25BrClNO/c1-30(2)18-27-28(29(34)25(30)16-19-8-14-23(32)15-9-19)24(20-6-4-3-5-7-20)17-26(33-27)21-10-12-22(31)13-11-21/h3-17,24,33H,18H2,1-2H3/b25-16+. The van der Waals surface area contributed by atoms with E-state index in [-0.39, 0.29) is 17.1 Å². The van der Waals surface area contributed by atoms with Crippen LogP contribution in [0, 0.1) is 5.41 Å². The van der Waals surface area contributed by atoms with Gasteiger partial charge in [-0.2, -0.15) is 0 Å². The van der Waals surface area contributed by atoms with Crippen molar-refractivity contribution in [2.45, 2.75) is 26.2 Å². The number of allylic oxidation sites excluding steroid dienone is 4. The van der Waals surface area contributed by atoms with Crippen LogP contribution in [0.1, 0.15) is 42.9 Å². The van der Waals surface area contributed by atoms with Gasteiger partial charge in [0.05, 0.1) is 0 Å². The zero-order chi connectivity index (χ0) is 23.9. The Bertz CT molecular complexity index is 1330. The van der Waals surface area contributed by atoms with Crippen LogP contribution in [0.2, 0.25) is 5.02 Å². The minimum atomic E-state index is -0.314. The summed E-state index contributed by atoms with van der Waals surface area (Å²) in [5, 5.41) is 4.32. The molecule has 0 spiro atoms. The molecule has 1 aliphatic heterocycles. The van der Waals surface area contributed by atoms with E-state index in [0.29, 0.717) is 5.02 Å². The number of benzene rings is 3. The van der Waals surface area contributed by atoms with Crippen LogP contribution in [0.15, 0.2) is 106 Å². The molecule has 3 aromatic rings. The number of rotatable bonds is 3. The average Bonchev–Trinajstić information content (AvgIpc) is 2.83. The summed E-state index contributed by atoms with van der Waals surface area (Å²) in [6, 6.07) is 26.2. The second-order valence-electron chi connectivity index (χ2n) is 9.49. The second kappa shape index (κ2) is 9.05. The minimum Gasteiger partial charge on any atom is -0.358 e. The van der Waals surface area contributed by atoms with E-state index >= 15 is 0 Å². The van der Waals surface area contributed by atoms with Crippen LogP contribution < -0.4 is 5.32 Å². The van der Waals surface area contributed by atoms with E-state index in [1.165, 1.54) is 0 Å². The third-order valence-electron chi connectivity index (χ3n) is 6.59. The average molecular weight is 531 g/mol. The molecule has 4 heteroatoms. The Morgan fingerprint density at radius 3 is 2.32 bits per heavy atom. The summed E-state index contributed by atoms with van der Waals surface area (Å²) >= 11 is 9.60. The summed E-state index contributed by atoms with van der Waals surface area (Å²) in [4.78, 5) is 14.1. The van der Waals surface area contributed by atoms with Crippen molar-refractivity contribution < 1.29 is 4.79 Å². The lowest BCUT2D eigenvalue weighted by Gasteiger charge is -2.40. The normalized spacial score (nSPS) is 20.6. The van der Waals surface area contributed by atoms with Gasteiger partial charge in [-0.25, -0.2) is 0 Å². The molecule has 1 atom stereocenters. The second-order valence-corrected chi connectivity index (χ2v) is 10.8. The molecule has 5 rings (SSSR count). The van der Waals surface area contributed by atoms with Crippen molar-refractivity contribution >= 4 is 45.1 Å². The number of Topliss-reactive ketones (excluding diaryl/α,β-unsaturated/α-hetero) is 1. The lowest BCUT2D eigenvalue weighted by atomic mass is 9.67. The zero-order valence-corrected chi connectivity index (χ0v) is 21.5. The maximum Gasteiger partial charge on any atom is 0.188 e. The van der Waals surface area contributed by atoms with E-state index in [2.05, 4.69) is 65.4 Å². The molecule has 2 nitrogen and oxygen atoms in total. The van der Waals surface area contributed by atoms with Gasteiger partial charge in [-0.05, 0) is 64.9 Å². The first-order chi connectivity index (χ1) is 16.3. The van der Waals surface area contributed by atoms with E-state index in [9.17, 15) is 4.79 Å². The topological polar surface area (TPSA) is 29.1 Å². The van der Waals surface area contributed by atoms with Crippen molar-refractivity contribution in [3.05, 3.63) is 128 Å². The molecule has 1 aliphatic carbocycles. The maximum absolute atomic E-state index is 14.1. The van der Waals surface area contributed by atoms with Crippen LogP contribution in [-0.2, 0) is 4.79 Å². The summed E-state index contributed by atoms with van der Waals surface area (Å²) < 4.78 is 1.04. The van der Waals surface area contributed by atoms with Crippen LogP contribution in [0.25, 0.3) is 11.8 Å². The minimum absolute atomic E-state index is 0.105. The largest absolute Gasteiger partial charge is 0.358 e. The van der Waals surface area contributed by atoms with Crippen LogP contribution in [0.4, 0.5) is 0 Å². The monoisotopic (exact) mass is 529 g/mol. The van der Waals surface area contributed by atoms with E-state index in [4.69, 9.17) is 11.6 Å². The van der Waals surface area contributed by atoms with Gasteiger partial charge in [-0.15, -0.1) is 0 Å². The fourth-order valence-corrected chi connectivity index (χ4v) is 5.21. The number of hydrogen-bond acceptors (Lipinski definition) is 2. The van der Waals surface area contributed by atoms with Crippen molar-refractivity contribution in [2.75, 3.05) is 0 Å². The summed E-state index contributed by atoms with van der Waals surface area (Å²) in [5.41, 5.74) is 6.60. The Labute approximate surface area is 214 Å². The summed E-state index contributed by atoms with van der Waals surface area (Å²) in [6.45, 7) is 4.29. The third-order valence-corrected chi connectivity index (χ3v) is 7.37. The van der Waals surface area contributed by atoms with Crippen molar-refractivity contribution in [3.8, 4) is 0 Å². The first-order valence-electron chi connectivity index (χ1n) is 11.4. The highest BCUT2D eigenvalue weighted by atomic mass is 79.9. The quantitative estimate of drug-likeness (QED) is 0.346. The van der Waals surface area contributed by atoms with Gasteiger partial charge < -0.3 is 5.32 Å². The molecule has 3 aromatic carbocycles. The van der Waals surface area contributed by atoms with Gasteiger partial charge in [0.1, 0.15) is 0 Å². The Hall–Kier alpha value is -2.88.